The van der Waals surface area contributed by atoms with E-state index >= 15 is 0 Å². The summed E-state index contributed by atoms with van der Waals surface area (Å²) in [5, 5.41) is 3.34. The van der Waals surface area contributed by atoms with E-state index in [1.807, 2.05) is 36.4 Å². The van der Waals surface area contributed by atoms with E-state index in [2.05, 4.69) is 22.3 Å². The predicted molar refractivity (Wildman–Crippen MR) is 141 cm³/mol. The molecule has 0 unspecified atom stereocenters. The van der Waals surface area contributed by atoms with E-state index in [1.165, 1.54) is 17.8 Å². The monoisotopic (exact) mass is 514 g/mol. The topological polar surface area (TPSA) is 52.2 Å². The van der Waals surface area contributed by atoms with Crippen molar-refractivity contribution in [3.8, 4) is 11.5 Å². The molecule has 0 atom stereocenters. The van der Waals surface area contributed by atoms with E-state index in [0.29, 0.717) is 31.8 Å². The van der Waals surface area contributed by atoms with Crippen LogP contribution in [0.5, 0.6) is 11.5 Å². The molecule has 1 heterocycles. The molecule has 3 aromatic rings. The van der Waals surface area contributed by atoms with Crippen molar-refractivity contribution in [2.75, 3.05) is 58.5 Å². The molecule has 1 fully saturated rings. The average molecular weight is 515 g/mol. The highest BCUT2D eigenvalue weighted by Crippen LogP contribution is 2.20. The highest BCUT2D eigenvalue weighted by Gasteiger charge is 2.10. The fourth-order valence-corrected chi connectivity index (χ4v) is 3.80. The van der Waals surface area contributed by atoms with Crippen molar-refractivity contribution in [1.82, 2.24) is 5.32 Å². The summed E-state index contributed by atoms with van der Waals surface area (Å²) in [4.78, 5) is 2.35. The Kier molecular flexibility index (Phi) is 12.1. The van der Waals surface area contributed by atoms with Gasteiger partial charge < -0.3 is 29.2 Å². The largest absolute Gasteiger partial charge is 0.497 e. The van der Waals surface area contributed by atoms with Crippen molar-refractivity contribution in [1.29, 1.82) is 0 Å². The van der Waals surface area contributed by atoms with Crippen LogP contribution in [-0.4, -0.2) is 53.6 Å². The number of benzene rings is 3. The van der Waals surface area contributed by atoms with Crippen LogP contribution in [0.15, 0.2) is 66.7 Å². The average Bonchev–Trinajstić information content (AvgIpc) is 2.92. The van der Waals surface area contributed by atoms with Gasteiger partial charge in [-0.1, -0.05) is 12.1 Å². The highest BCUT2D eigenvalue weighted by molar-refractivity contribution is 5.49. The molecule has 1 saturated heterocycles. The van der Waals surface area contributed by atoms with Gasteiger partial charge in [0.1, 0.15) is 23.1 Å². The van der Waals surface area contributed by atoms with Crippen LogP contribution in [0, 0.1) is 11.6 Å². The lowest BCUT2D eigenvalue weighted by Gasteiger charge is -2.29. The van der Waals surface area contributed by atoms with Crippen LogP contribution in [0.3, 0.4) is 0 Å². The van der Waals surface area contributed by atoms with Crippen LogP contribution in [0.4, 0.5) is 14.5 Å². The molecule has 1 aliphatic heterocycles. The Hall–Kier alpha value is -3.20. The number of hydrogen-bond acceptors (Lipinski definition) is 6. The van der Waals surface area contributed by atoms with Crippen molar-refractivity contribution in [2.45, 2.75) is 19.6 Å². The summed E-state index contributed by atoms with van der Waals surface area (Å²) in [6.45, 7) is 5.92. The summed E-state index contributed by atoms with van der Waals surface area (Å²) in [7, 11) is 3.34. The molecule has 0 aliphatic carbocycles. The quantitative estimate of drug-likeness (QED) is 0.355. The Bertz CT molecular complexity index is 1020. The minimum absolute atomic E-state index is 0.189. The standard InChI is InChI=1S/C20H24F2N2O2.C9H12O2/c21-17-12-16(13-18(22)14-17)15-25-10-1-11-26-20-4-2-19(3-5-20)24-8-6-23-7-9-24;1-10-7-8-3-5-9(11-2)6-4-8/h2-5,12-14,23H,1,6-11,15H2;3-6H,7H2,1-2H3. The van der Waals surface area contributed by atoms with Gasteiger partial charge in [0, 0.05) is 51.5 Å². The van der Waals surface area contributed by atoms with Gasteiger partial charge in [0.15, 0.2) is 0 Å². The number of ether oxygens (including phenoxy) is 4. The van der Waals surface area contributed by atoms with Gasteiger partial charge in [-0.3, -0.25) is 0 Å². The zero-order valence-corrected chi connectivity index (χ0v) is 21.6. The summed E-state index contributed by atoms with van der Waals surface area (Å²) in [5.41, 5.74) is 2.87. The first-order chi connectivity index (χ1) is 18.1. The summed E-state index contributed by atoms with van der Waals surface area (Å²) in [5.74, 6) is 0.535. The minimum Gasteiger partial charge on any atom is -0.497 e. The van der Waals surface area contributed by atoms with E-state index in [0.717, 1.165) is 49.3 Å². The summed E-state index contributed by atoms with van der Waals surface area (Å²) >= 11 is 0. The molecule has 3 aromatic carbocycles. The third kappa shape index (κ3) is 10.4. The number of nitrogens with one attached hydrogen (secondary N) is 1. The first-order valence-electron chi connectivity index (χ1n) is 12.4. The molecular formula is C29H36F2N2O4. The fraction of sp³-hybridized carbons (Fsp3) is 0.379. The number of methoxy groups -OCH3 is 2. The molecule has 0 bridgehead atoms. The van der Waals surface area contributed by atoms with Crippen molar-refractivity contribution < 1.29 is 27.7 Å². The van der Waals surface area contributed by atoms with Gasteiger partial charge >= 0.3 is 0 Å². The van der Waals surface area contributed by atoms with Gasteiger partial charge in [0.05, 0.1) is 33.5 Å². The van der Waals surface area contributed by atoms with E-state index in [1.54, 1.807) is 14.2 Å². The highest BCUT2D eigenvalue weighted by atomic mass is 19.1. The SMILES string of the molecule is COCc1ccc(OC)cc1.Fc1cc(F)cc(COCCCOc2ccc(N3CCNCC3)cc2)c1. The number of nitrogens with zero attached hydrogens (tertiary/aromatic N) is 1. The molecule has 0 spiro atoms. The third-order valence-corrected chi connectivity index (χ3v) is 5.68. The number of hydrogen-bond donors (Lipinski definition) is 1. The summed E-state index contributed by atoms with van der Waals surface area (Å²) in [6.07, 6.45) is 0.706. The Balaban J connectivity index is 0.000000289. The molecule has 8 heteroatoms. The lowest BCUT2D eigenvalue weighted by Crippen LogP contribution is -2.43. The molecule has 6 nitrogen and oxygen atoms in total. The molecule has 37 heavy (non-hydrogen) atoms. The van der Waals surface area contributed by atoms with Gasteiger partial charge in [-0.15, -0.1) is 0 Å². The minimum atomic E-state index is -0.587. The van der Waals surface area contributed by atoms with Gasteiger partial charge in [-0.25, -0.2) is 8.78 Å². The molecule has 1 N–H and O–H groups in total. The number of anilines is 1. The summed E-state index contributed by atoms with van der Waals surface area (Å²) in [6, 6.07) is 19.4. The zero-order chi connectivity index (χ0) is 26.3. The maximum absolute atomic E-state index is 13.1. The van der Waals surface area contributed by atoms with Crippen molar-refractivity contribution >= 4 is 5.69 Å². The van der Waals surface area contributed by atoms with Gasteiger partial charge in [0.2, 0.25) is 0 Å². The second-order valence-electron chi connectivity index (χ2n) is 8.54. The second kappa shape index (κ2) is 15.8. The van der Waals surface area contributed by atoms with E-state index in [-0.39, 0.29) is 6.61 Å². The molecule has 0 saturated carbocycles. The Morgan fingerprint density at radius 2 is 1.41 bits per heavy atom. The molecule has 200 valence electrons. The maximum Gasteiger partial charge on any atom is 0.126 e. The predicted octanol–water partition coefficient (Wildman–Crippen LogP) is 5.20. The fourth-order valence-electron chi connectivity index (χ4n) is 3.80. The molecule has 1 aliphatic rings. The van der Waals surface area contributed by atoms with E-state index in [9.17, 15) is 8.78 Å². The van der Waals surface area contributed by atoms with E-state index in [4.69, 9.17) is 18.9 Å². The first-order valence-corrected chi connectivity index (χ1v) is 12.4. The molecule has 0 amide bonds. The lowest BCUT2D eigenvalue weighted by atomic mass is 10.2. The normalized spacial score (nSPS) is 13.0. The smallest absolute Gasteiger partial charge is 0.126 e. The molecule has 4 rings (SSSR count). The summed E-state index contributed by atoms with van der Waals surface area (Å²) < 4.78 is 47.3. The van der Waals surface area contributed by atoms with Gasteiger partial charge in [-0.05, 0) is 59.7 Å². The Morgan fingerprint density at radius 1 is 0.757 bits per heavy atom. The molecule has 0 aromatic heterocycles. The van der Waals surface area contributed by atoms with Crippen molar-refractivity contribution in [2.24, 2.45) is 0 Å². The molecular weight excluding hydrogens is 478 g/mol. The Morgan fingerprint density at radius 3 is 2.03 bits per heavy atom. The third-order valence-electron chi connectivity index (χ3n) is 5.68. The number of halogens is 2. The van der Waals surface area contributed by atoms with Crippen LogP contribution >= 0.6 is 0 Å². The maximum atomic E-state index is 13.1. The van der Waals surface area contributed by atoms with Crippen LogP contribution < -0.4 is 19.7 Å². The first kappa shape index (κ1) is 28.4. The van der Waals surface area contributed by atoms with Crippen molar-refractivity contribution in [3.05, 3.63) is 89.5 Å². The lowest BCUT2D eigenvalue weighted by molar-refractivity contribution is 0.107. The van der Waals surface area contributed by atoms with E-state index < -0.39 is 11.6 Å². The van der Waals surface area contributed by atoms with Crippen LogP contribution in [-0.2, 0) is 22.7 Å². The van der Waals surface area contributed by atoms with Gasteiger partial charge in [0.25, 0.3) is 0 Å². The second-order valence-corrected chi connectivity index (χ2v) is 8.54. The number of piperazine rings is 1. The Labute approximate surface area is 218 Å². The van der Waals surface area contributed by atoms with Crippen molar-refractivity contribution in [3.63, 3.8) is 0 Å². The van der Waals surface area contributed by atoms with Crippen LogP contribution in [0.25, 0.3) is 0 Å². The molecule has 0 radical (unpaired) electrons. The van der Waals surface area contributed by atoms with Crippen LogP contribution in [0.2, 0.25) is 0 Å². The van der Waals surface area contributed by atoms with Crippen LogP contribution in [0.1, 0.15) is 17.5 Å². The number of rotatable bonds is 11. The zero-order valence-electron chi connectivity index (χ0n) is 21.6. The van der Waals surface area contributed by atoms with Gasteiger partial charge in [-0.2, -0.15) is 0 Å².